The first-order valence-corrected chi connectivity index (χ1v) is 3.17. The maximum atomic E-state index is 9.59. The van der Waals surface area contributed by atoms with Crippen LogP contribution in [-0.4, -0.2) is 19.6 Å². The summed E-state index contributed by atoms with van der Waals surface area (Å²) in [5.74, 6) is 0. The van der Waals surface area contributed by atoms with Crippen LogP contribution in [0.4, 0.5) is 0 Å². The van der Waals surface area contributed by atoms with Crippen molar-refractivity contribution in [3.63, 3.8) is 0 Å². The summed E-state index contributed by atoms with van der Waals surface area (Å²) in [6.07, 6.45) is 2.99. The number of unbranched alkanes of at least 4 members (excludes halogenated alkanes) is 2. The van der Waals surface area contributed by atoms with Gasteiger partial charge >= 0.3 is 0 Å². The van der Waals surface area contributed by atoms with Crippen molar-refractivity contribution < 1.29 is 9.53 Å². The van der Waals surface area contributed by atoms with E-state index in [4.69, 9.17) is 5.73 Å². The van der Waals surface area contributed by atoms with E-state index in [0.717, 1.165) is 25.8 Å². The highest BCUT2D eigenvalue weighted by molar-refractivity contribution is 5.36. The molecule has 0 aromatic carbocycles. The van der Waals surface area contributed by atoms with E-state index in [0.29, 0.717) is 13.1 Å². The van der Waals surface area contributed by atoms with Crippen LogP contribution in [0.1, 0.15) is 19.3 Å². The van der Waals surface area contributed by atoms with E-state index >= 15 is 0 Å². The molecular weight excluding hydrogens is 118 g/mol. The zero-order valence-electron chi connectivity index (χ0n) is 5.51. The Morgan fingerprint density at radius 2 is 2.11 bits per heavy atom. The van der Waals surface area contributed by atoms with E-state index < -0.39 is 0 Å². The number of nitrogens with two attached hydrogens (primary N) is 1. The first-order chi connectivity index (χ1) is 4.41. The summed E-state index contributed by atoms with van der Waals surface area (Å²) in [5.41, 5.74) is 5.23. The van der Waals surface area contributed by atoms with E-state index in [9.17, 15) is 4.79 Å². The number of carbonyl (C=O) groups is 1. The van der Waals surface area contributed by atoms with Gasteiger partial charge in [0.15, 0.2) is 0 Å². The molecule has 0 saturated carbocycles. The molecule has 0 radical (unpaired) electrons. The molecule has 0 spiro atoms. The average molecular weight is 131 g/mol. The standard InChI is InChI=1S/C6H13NO2/c7-4-2-1-3-5-9-6-8/h6H,1-5,7H2. The van der Waals surface area contributed by atoms with E-state index in [-0.39, 0.29) is 0 Å². The number of rotatable bonds is 6. The minimum atomic E-state index is 0.475. The third-order valence-corrected chi connectivity index (χ3v) is 1.03. The predicted molar refractivity (Wildman–Crippen MR) is 34.9 cm³/mol. The molecular formula is C6H13NO2. The quantitative estimate of drug-likeness (QED) is 0.416. The first-order valence-electron chi connectivity index (χ1n) is 3.17. The Hall–Kier alpha value is -0.570. The van der Waals surface area contributed by atoms with Crippen LogP contribution in [-0.2, 0) is 9.53 Å². The first kappa shape index (κ1) is 8.43. The summed E-state index contributed by atoms with van der Waals surface area (Å²) in [6.45, 7) is 1.73. The van der Waals surface area contributed by atoms with Gasteiger partial charge in [0.2, 0.25) is 0 Å². The zero-order chi connectivity index (χ0) is 6.95. The Morgan fingerprint density at radius 3 is 2.67 bits per heavy atom. The summed E-state index contributed by atoms with van der Waals surface area (Å²) in [7, 11) is 0. The second-order valence-electron chi connectivity index (χ2n) is 1.82. The Kier molecular flexibility index (Phi) is 6.96. The van der Waals surface area contributed by atoms with Gasteiger partial charge in [-0.1, -0.05) is 0 Å². The molecule has 0 unspecified atom stereocenters. The third-order valence-electron chi connectivity index (χ3n) is 1.03. The normalized spacial score (nSPS) is 9.00. The van der Waals surface area contributed by atoms with Crippen molar-refractivity contribution >= 4 is 6.47 Å². The molecule has 3 nitrogen and oxygen atoms in total. The van der Waals surface area contributed by atoms with Crippen molar-refractivity contribution in [2.45, 2.75) is 19.3 Å². The number of hydrogen-bond donors (Lipinski definition) is 1. The maximum absolute atomic E-state index is 9.59. The van der Waals surface area contributed by atoms with Crippen molar-refractivity contribution in [1.29, 1.82) is 0 Å². The van der Waals surface area contributed by atoms with Gasteiger partial charge in [0.05, 0.1) is 6.61 Å². The van der Waals surface area contributed by atoms with E-state index in [2.05, 4.69) is 4.74 Å². The Labute approximate surface area is 55.2 Å². The lowest BCUT2D eigenvalue weighted by atomic mass is 10.2. The number of ether oxygens (including phenoxy) is 1. The second kappa shape index (κ2) is 7.43. The van der Waals surface area contributed by atoms with Gasteiger partial charge in [-0.25, -0.2) is 0 Å². The van der Waals surface area contributed by atoms with Crippen LogP contribution in [0.15, 0.2) is 0 Å². The largest absolute Gasteiger partial charge is 0.468 e. The van der Waals surface area contributed by atoms with Crippen LogP contribution >= 0.6 is 0 Å². The van der Waals surface area contributed by atoms with Crippen LogP contribution in [0.25, 0.3) is 0 Å². The van der Waals surface area contributed by atoms with Crippen molar-refractivity contribution in [2.24, 2.45) is 5.73 Å². The van der Waals surface area contributed by atoms with Crippen LogP contribution < -0.4 is 5.73 Å². The Morgan fingerprint density at radius 1 is 1.33 bits per heavy atom. The zero-order valence-corrected chi connectivity index (χ0v) is 5.51. The fourth-order valence-corrected chi connectivity index (χ4v) is 0.555. The molecule has 3 heteroatoms. The lowest BCUT2D eigenvalue weighted by molar-refractivity contribution is -0.128. The highest BCUT2D eigenvalue weighted by Gasteiger charge is 1.85. The van der Waals surface area contributed by atoms with Crippen LogP contribution in [0.3, 0.4) is 0 Å². The van der Waals surface area contributed by atoms with Gasteiger partial charge in [-0.3, -0.25) is 4.79 Å². The van der Waals surface area contributed by atoms with Crippen molar-refractivity contribution in [3.8, 4) is 0 Å². The summed E-state index contributed by atoms with van der Waals surface area (Å²) in [5, 5.41) is 0. The average Bonchev–Trinajstić information content (AvgIpc) is 1.89. The molecule has 0 aliphatic carbocycles. The summed E-state index contributed by atoms with van der Waals surface area (Å²) >= 11 is 0. The summed E-state index contributed by atoms with van der Waals surface area (Å²) < 4.78 is 4.46. The number of hydrogen-bond acceptors (Lipinski definition) is 3. The maximum Gasteiger partial charge on any atom is 0.293 e. The molecule has 0 fully saturated rings. The molecule has 54 valence electrons. The van der Waals surface area contributed by atoms with Gasteiger partial charge in [-0.05, 0) is 25.8 Å². The molecule has 2 N–H and O–H groups in total. The molecule has 9 heavy (non-hydrogen) atoms. The lowest BCUT2D eigenvalue weighted by Crippen LogP contribution is -1.99. The van der Waals surface area contributed by atoms with Gasteiger partial charge in [0, 0.05) is 0 Å². The Balaban J connectivity index is 2.66. The fraction of sp³-hybridized carbons (Fsp3) is 0.833. The molecule has 0 aliphatic rings. The molecule has 0 heterocycles. The summed E-state index contributed by atoms with van der Waals surface area (Å²) in [4.78, 5) is 9.59. The molecule has 0 aliphatic heterocycles. The van der Waals surface area contributed by atoms with E-state index in [1.54, 1.807) is 0 Å². The molecule has 0 aromatic heterocycles. The van der Waals surface area contributed by atoms with Crippen molar-refractivity contribution in [2.75, 3.05) is 13.2 Å². The fourth-order valence-electron chi connectivity index (χ4n) is 0.555. The molecule has 0 atom stereocenters. The lowest BCUT2D eigenvalue weighted by Gasteiger charge is -1.95. The smallest absolute Gasteiger partial charge is 0.293 e. The van der Waals surface area contributed by atoms with Crippen molar-refractivity contribution in [1.82, 2.24) is 0 Å². The highest BCUT2D eigenvalue weighted by Crippen LogP contribution is 1.91. The van der Waals surface area contributed by atoms with Crippen LogP contribution in [0.5, 0.6) is 0 Å². The van der Waals surface area contributed by atoms with Gasteiger partial charge in [0.25, 0.3) is 6.47 Å². The summed E-state index contributed by atoms with van der Waals surface area (Å²) in [6, 6.07) is 0. The predicted octanol–water partition coefficient (Wildman–Crippen LogP) is 0.288. The Bertz CT molecular complexity index is 66.1. The highest BCUT2D eigenvalue weighted by atomic mass is 16.5. The molecule has 0 amide bonds. The molecule has 0 rings (SSSR count). The monoisotopic (exact) mass is 131 g/mol. The minimum Gasteiger partial charge on any atom is -0.468 e. The SMILES string of the molecule is NCCCCCOC=O. The topological polar surface area (TPSA) is 52.3 Å². The van der Waals surface area contributed by atoms with Gasteiger partial charge in [0.1, 0.15) is 0 Å². The number of carbonyl (C=O) groups excluding carboxylic acids is 1. The van der Waals surface area contributed by atoms with E-state index in [1.807, 2.05) is 0 Å². The minimum absolute atomic E-state index is 0.475. The molecule has 0 bridgehead atoms. The van der Waals surface area contributed by atoms with Crippen LogP contribution in [0, 0.1) is 0 Å². The van der Waals surface area contributed by atoms with Crippen molar-refractivity contribution in [3.05, 3.63) is 0 Å². The third kappa shape index (κ3) is 7.43. The molecule has 0 saturated heterocycles. The second-order valence-corrected chi connectivity index (χ2v) is 1.82. The molecule has 0 aromatic rings. The van der Waals surface area contributed by atoms with Gasteiger partial charge in [-0.15, -0.1) is 0 Å². The van der Waals surface area contributed by atoms with Crippen LogP contribution in [0.2, 0.25) is 0 Å². The van der Waals surface area contributed by atoms with Gasteiger partial charge in [-0.2, -0.15) is 0 Å². The van der Waals surface area contributed by atoms with Gasteiger partial charge < -0.3 is 10.5 Å². The van der Waals surface area contributed by atoms with E-state index in [1.165, 1.54) is 0 Å².